The van der Waals surface area contributed by atoms with Gasteiger partial charge in [0.05, 0.1) is 21.6 Å². The van der Waals surface area contributed by atoms with E-state index in [0.29, 0.717) is 50.6 Å². The highest BCUT2D eigenvalue weighted by molar-refractivity contribution is 9.11. The zero-order valence-corrected chi connectivity index (χ0v) is 24.3. The fourth-order valence-corrected chi connectivity index (χ4v) is 5.07. The Hall–Kier alpha value is -2.00. The number of halogens is 4. The predicted octanol–water partition coefficient (Wildman–Crippen LogP) is 8.14. The van der Waals surface area contributed by atoms with Crippen molar-refractivity contribution >= 4 is 76.5 Å². The topological polar surface area (TPSA) is 56.5 Å². The molecule has 0 bridgehead atoms. The molecule has 180 valence electrons. The molecule has 9 heteroatoms. The minimum atomic E-state index is -0.225. The molecule has 0 aliphatic heterocycles. The molecule has 35 heavy (non-hydrogen) atoms. The first-order chi connectivity index (χ1) is 16.9. The normalized spacial score (nSPS) is 11.5. The molecule has 0 aliphatic carbocycles. The van der Waals surface area contributed by atoms with Gasteiger partial charge in [-0.05, 0) is 70.4 Å². The Labute approximate surface area is 233 Å². The zero-order valence-electron chi connectivity index (χ0n) is 18.8. The molecule has 0 saturated carbocycles. The molecule has 5 nitrogen and oxygen atoms in total. The van der Waals surface area contributed by atoms with Crippen LogP contribution in [0.3, 0.4) is 0 Å². The first-order valence-corrected chi connectivity index (χ1v) is 13.7. The Morgan fingerprint density at radius 1 is 1.06 bits per heavy atom. The number of ether oxygens (including phenoxy) is 1. The van der Waals surface area contributed by atoms with Crippen molar-refractivity contribution in [2.45, 2.75) is 32.8 Å². The van der Waals surface area contributed by atoms with Crippen LogP contribution in [0.25, 0.3) is 10.9 Å². The van der Waals surface area contributed by atoms with Crippen molar-refractivity contribution in [3.63, 3.8) is 0 Å². The van der Waals surface area contributed by atoms with Crippen molar-refractivity contribution < 1.29 is 4.74 Å². The number of hydrogen-bond donors (Lipinski definition) is 0. The minimum absolute atomic E-state index is 0.225. The predicted molar refractivity (Wildman–Crippen MR) is 153 cm³/mol. The van der Waals surface area contributed by atoms with E-state index >= 15 is 0 Å². The summed E-state index contributed by atoms with van der Waals surface area (Å²) in [4.78, 5) is 18.1. The number of aromatic nitrogens is 2. The Morgan fingerprint density at radius 2 is 1.80 bits per heavy atom. The lowest BCUT2D eigenvalue weighted by atomic mass is 10.2. The third-order valence-electron chi connectivity index (χ3n) is 5.28. The van der Waals surface area contributed by atoms with Crippen molar-refractivity contribution in [3.8, 4) is 5.75 Å². The average Bonchev–Trinajstić information content (AvgIpc) is 2.83. The Balaban J connectivity index is 1.74. The third kappa shape index (κ3) is 6.42. The molecule has 0 spiro atoms. The first kappa shape index (κ1) is 26.1. The van der Waals surface area contributed by atoms with Gasteiger partial charge >= 0.3 is 0 Å². The molecule has 4 aromatic rings. The van der Waals surface area contributed by atoms with Crippen LogP contribution >= 0.6 is 59.4 Å². The lowest BCUT2D eigenvalue weighted by Crippen LogP contribution is -2.22. The SMILES string of the molecule is CCCCc1nc2ccc(Br)cc2c(=O)n1N=Cc1cc(Cl)cc(Br)c1OCc1ccc(Br)cc1. The fourth-order valence-electron chi connectivity index (χ4n) is 3.50. The van der Waals surface area contributed by atoms with E-state index in [1.165, 1.54) is 4.68 Å². The maximum atomic E-state index is 13.4. The molecule has 1 heterocycles. The standard InChI is InChI=1S/C26H21Br3ClN3O2/c1-2-3-4-24-32-23-10-9-19(28)12-21(23)26(34)33(24)31-14-17-11-20(30)13-22(29)25(17)35-15-16-5-7-18(27)8-6-16/h5-14H,2-4,15H2,1H3. The molecule has 3 aromatic carbocycles. The van der Waals surface area contributed by atoms with Gasteiger partial charge in [0.25, 0.3) is 5.56 Å². The van der Waals surface area contributed by atoms with Crippen LogP contribution in [0.5, 0.6) is 5.75 Å². The van der Waals surface area contributed by atoms with E-state index in [1.807, 2.05) is 36.4 Å². The molecule has 0 aliphatic rings. The fraction of sp³-hybridized carbons (Fsp3) is 0.192. The molecule has 0 amide bonds. The van der Waals surface area contributed by atoms with Crippen LogP contribution < -0.4 is 10.3 Å². The monoisotopic (exact) mass is 679 g/mol. The average molecular weight is 683 g/mol. The Bertz CT molecular complexity index is 1450. The van der Waals surface area contributed by atoms with Crippen molar-refractivity contribution in [2.75, 3.05) is 0 Å². The summed E-state index contributed by atoms with van der Waals surface area (Å²) < 4.78 is 10.0. The number of benzene rings is 3. The quantitative estimate of drug-likeness (QED) is 0.177. The number of fused-ring (bicyclic) bond motifs is 1. The molecule has 0 fully saturated rings. The second-order valence-electron chi connectivity index (χ2n) is 7.88. The lowest BCUT2D eigenvalue weighted by Gasteiger charge is -2.13. The van der Waals surface area contributed by atoms with E-state index in [1.54, 1.807) is 24.4 Å². The number of nitrogens with zero attached hydrogens (tertiary/aromatic N) is 3. The van der Waals surface area contributed by atoms with Gasteiger partial charge in [0.1, 0.15) is 18.2 Å². The molecule has 1 aromatic heterocycles. The summed E-state index contributed by atoms with van der Waals surface area (Å²) in [5.41, 5.74) is 2.08. The lowest BCUT2D eigenvalue weighted by molar-refractivity contribution is 0.304. The molecular formula is C26H21Br3ClN3O2. The van der Waals surface area contributed by atoms with Crippen molar-refractivity contribution in [2.24, 2.45) is 5.10 Å². The summed E-state index contributed by atoms with van der Waals surface area (Å²) in [5, 5.41) is 5.57. The van der Waals surface area contributed by atoms with Crippen molar-refractivity contribution in [1.29, 1.82) is 0 Å². The molecule has 0 atom stereocenters. The minimum Gasteiger partial charge on any atom is -0.487 e. The van der Waals surface area contributed by atoms with E-state index in [2.05, 4.69) is 59.8 Å². The Kier molecular flexibility index (Phi) is 8.81. The molecule has 0 unspecified atom stereocenters. The smallest absolute Gasteiger partial charge is 0.282 e. The van der Waals surface area contributed by atoms with Crippen LogP contribution in [-0.2, 0) is 13.0 Å². The summed E-state index contributed by atoms with van der Waals surface area (Å²) in [5.74, 6) is 1.20. The summed E-state index contributed by atoms with van der Waals surface area (Å²) >= 11 is 16.8. The van der Waals surface area contributed by atoms with Gasteiger partial charge in [-0.25, -0.2) is 4.98 Å². The molecule has 0 N–H and O–H groups in total. The van der Waals surface area contributed by atoms with Crippen LogP contribution in [0.2, 0.25) is 5.02 Å². The summed E-state index contributed by atoms with van der Waals surface area (Å²) in [7, 11) is 0. The van der Waals surface area contributed by atoms with E-state index in [4.69, 9.17) is 21.3 Å². The molecule has 0 radical (unpaired) electrons. The van der Waals surface area contributed by atoms with Gasteiger partial charge in [0.15, 0.2) is 0 Å². The largest absolute Gasteiger partial charge is 0.487 e. The zero-order chi connectivity index (χ0) is 24.9. The summed E-state index contributed by atoms with van der Waals surface area (Å²) in [6.45, 7) is 2.46. The van der Waals surface area contributed by atoms with Crippen molar-refractivity contribution in [3.05, 3.63) is 100 Å². The summed E-state index contributed by atoms with van der Waals surface area (Å²) in [6.07, 6.45) is 4.11. The second kappa shape index (κ2) is 11.8. The highest BCUT2D eigenvalue weighted by Gasteiger charge is 2.13. The van der Waals surface area contributed by atoms with Crippen LogP contribution in [0.15, 0.2) is 77.9 Å². The van der Waals surface area contributed by atoms with E-state index < -0.39 is 0 Å². The Morgan fingerprint density at radius 3 is 2.54 bits per heavy atom. The van der Waals surface area contributed by atoms with Gasteiger partial charge in [0, 0.05) is 26.0 Å². The van der Waals surface area contributed by atoms with Crippen LogP contribution in [0.1, 0.15) is 36.7 Å². The van der Waals surface area contributed by atoms with Crippen molar-refractivity contribution in [1.82, 2.24) is 9.66 Å². The van der Waals surface area contributed by atoms with Crippen LogP contribution in [0.4, 0.5) is 0 Å². The number of unbranched alkanes of at least 4 members (excludes halogenated alkanes) is 1. The highest BCUT2D eigenvalue weighted by Crippen LogP contribution is 2.32. The van der Waals surface area contributed by atoms with Crippen LogP contribution in [0, 0.1) is 0 Å². The maximum absolute atomic E-state index is 13.4. The van der Waals surface area contributed by atoms with Gasteiger partial charge < -0.3 is 4.74 Å². The second-order valence-corrected chi connectivity index (χ2v) is 11.0. The molecule has 4 rings (SSSR count). The number of hydrogen-bond acceptors (Lipinski definition) is 4. The van der Waals surface area contributed by atoms with Crippen LogP contribution in [-0.4, -0.2) is 15.9 Å². The van der Waals surface area contributed by atoms with Gasteiger partial charge in [-0.2, -0.15) is 9.78 Å². The maximum Gasteiger partial charge on any atom is 0.282 e. The van der Waals surface area contributed by atoms with E-state index in [0.717, 1.165) is 27.4 Å². The van der Waals surface area contributed by atoms with Gasteiger partial charge in [0.2, 0.25) is 0 Å². The van der Waals surface area contributed by atoms with Gasteiger partial charge in [-0.1, -0.05) is 68.9 Å². The van der Waals surface area contributed by atoms with Gasteiger partial charge in [-0.3, -0.25) is 4.79 Å². The molecule has 0 saturated heterocycles. The molecular weight excluding hydrogens is 661 g/mol. The third-order valence-corrected chi connectivity index (χ3v) is 7.10. The van der Waals surface area contributed by atoms with E-state index in [-0.39, 0.29) is 5.56 Å². The van der Waals surface area contributed by atoms with E-state index in [9.17, 15) is 4.79 Å². The van der Waals surface area contributed by atoms with Gasteiger partial charge in [-0.15, -0.1) is 0 Å². The number of aryl methyl sites for hydroxylation is 1. The summed E-state index contributed by atoms with van der Waals surface area (Å²) in [6, 6.07) is 16.9. The highest BCUT2D eigenvalue weighted by atomic mass is 79.9. The first-order valence-electron chi connectivity index (χ1n) is 11.0. The number of rotatable bonds is 8.